The third-order valence-corrected chi connectivity index (χ3v) is 5.38. The Hall–Kier alpha value is -2.15. The molecule has 7 heteroatoms. The minimum Gasteiger partial charge on any atom is -0.378 e. The smallest absolute Gasteiger partial charge is 0.255 e. The highest BCUT2D eigenvalue weighted by molar-refractivity contribution is 6.33. The Morgan fingerprint density at radius 1 is 1.18 bits per heavy atom. The second-order valence-electron chi connectivity index (χ2n) is 7.19. The summed E-state index contributed by atoms with van der Waals surface area (Å²) in [6.45, 7) is 5.74. The molecule has 0 bridgehead atoms. The normalized spacial score (nSPS) is 22.9. The fraction of sp³-hybridized carbons (Fsp3) is 0.429. The quantitative estimate of drug-likeness (QED) is 0.790. The second kappa shape index (κ2) is 8.47. The Kier molecular flexibility index (Phi) is 5.80. The number of benzene rings is 1. The molecule has 2 atom stereocenters. The molecule has 2 fully saturated rings. The number of rotatable bonds is 3. The van der Waals surface area contributed by atoms with E-state index >= 15 is 0 Å². The molecule has 1 aromatic carbocycles. The fourth-order valence-electron chi connectivity index (χ4n) is 3.71. The first-order valence-electron chi connectivity index (χ1n) is 9.60. The minimum atomic E-state index is -0.0539. The van der Waals surface area contributed by atoms with Gasteiger partial charge in [-0.05, 0) is 18.6 Å². The molecule has 1 amide bonds. The van der Waals surface area contributed by atoms with Crippen molar-refractivity contribution in [2.45, 2.75) is 19.1 Å². The van der Waals surface area contributed by atoms with Crippen molar-refractivity contribution < 1.29 is 14.3 Å². The SMILES string of the molecule is CC1CN(c2ncc(C(=O)N3CCOCC3)cc2Cl)CC(c2ccccc2)O1. The molecule has 28 heavy (non-hydrogen) atoms. The van der Waals surface area contributed by atoms with E-state index in [0.29, 0.717) is 55.8 Å². The number of halogens is 1. The predicted octanol–water partition coefficient (Wildman–Crippen LogP) is 3.17. The number of nitrogens with zero attached hydrogens (tertiary/aromatic N) is 3. The number of hydrogen-bond acceptors (Lipinski definition) is 5. The van der Waals surface area contributed by atoms with E-state index in [1.165, 1.54) is 0 Å². The zero-order valence-corrected chi connectivity index (χ0v) is 16.6. The van der Waals surface area contributed by atoms with E-state index in [1.54, 1.807) is 17.2 Å². The lowest BCUT2D eigenvalue weighted by Crippen LogP contribution is -2.43. The topological polar surface area (TPSA) is 54.9 Å². The largest absolute Gasteiger partial charge is 0.378 e. The van der Waals surface area contributed by atoms with Gasteiger partial charge in [0.15, 0.2) is 0 Å². The number of hydrogen-bond donors (Lipinski definition) is 0. The molecule has 0 saturated carbocycles. The fourth-order valence-corrected chi connectivity index (χ4v) is 3.99. The summed E-state index contributed by atoms with van der Waals surface area (Å²) in [5.41, 5.74) is 1.64. The first-order valence-corrected chi connectivity index (χ1v) is 9.97. The van der Waals surface area contributed by atoms with Crippen LogP contribution in [0.2, 0.25) is 5.02 Å². The highest BCUT2D eigenvalue weighted by Crippen LogP contribution is 2.31. The molecule has 0 spiro atoms. The molecule has 2 unspecified atom stereocenters. The van der Waals surface area contributed by atoms with Crippen molar-refractivity contribution in [3.63, 3.8) is 0 Å². The number of amides is 1. The zero-order chi connectivity index (χ0) is 19.5. The van der Waals surface area contributed by atoms with Gasteiger partial charge in [-0.15, -0.1) is 0 Å². The molecule has 6 nitrogen and oxygen atoms in total. The average molecular weight is 402 g/mol. The maximum atomic E-state index is 12.7. The van der Waals surface area contributed by atoms with Gasteiger partial charge in [-0.1, -0.05) is 41.9 Å². The summed E-state index contributed by atoms with van der Waals surface area (Å²) < 4.78 is 11.4. The first-order chi connectivity index (χ1) is 13.6. The van der Waals surface area contributed by atoms with E-state index in [1.807, 2.05) is 25.1 Å². The number of ether oxygens (including phenoxy) is 2. The van der Waals surface area contributed by atoms with Crippen LogP contribution in [-0.2, 0) is 9.47 Å². The third kappa shape index (κ3) is 4.14. The van der Waals surface area contributed by atoms with Crippen molar-refractivity contribution in [3.8, 4) is 0 Å². The number of carbonyl (C=O) groups is 1. The van der Waals surface area contributed by atoms with Gasteiger partial charge in [0.25, 0.3) is 5.91 Å². The Morgan fingerprint density at radius 2 is 1.93 bits per heavy atom. The number of anilines is 1. The van der Waals surface area contributed by atoms with Crippen molar-refractivity contribution >= 4 is 23.3 Å². The molecule has 3 heterocycles. The number of morpholine rings is 2. The first kappa shape index (κ1) is 19.2. The molecule has 1 aromatic heterocycles. The van der Waals surface area contributed by atoms with Crippen molar-refractivity contribution in [2.24, 2.45) is 0 Å². The van der Waals surface area contributed by atoms with E-state index in [4.69, 9.17) is 21.1 Å². The summed E-state index contributed by atoms with van der Waals surface area (Å²) in [5, 5.41) is 0.486. The molecular weight excluding hydrogens is 378 g/mol. The molecule has 2 aliphatic heterocycles. The van der Waals surface area contributed by atoms with Gasteiger partial charge < -0.3 is 19.3 Å². The van der Waals surface area contributed by atoms with E-state index < -0.39 is 0 Å². The van der Waals surface area contributed by atoms with Crippen LogP contribution in [0.3, 0.4) is 0 Å². The summed E-state index contributed by atoms with van der Waals surface area (Å²) in [5.74, 6) is 0.637. The van der Waals surface area contributed by atoms with Gasteiger partial charge >= 0.3 is 0 Å². The lowest BCUT2D eigenvalue weighted by molar-refractivity contribution is -0.0176. The van der Waals surface area contributed by atoms with Gasteiger partial charge in [0.05, 0.1) is 29.9 Å². The molecule has 148 valence electrons. The van der Waals surface area contributed by atoms with E-state index in [2.05, 4.69) is 22.0 Å². The van der Waals surface area contributed by atoms with E-state index in [9.17, 15) is 4.79 Å². The molecule has 2 saturated heterocycles. The average Bonchev–Trinajstić information content (AvgIpc) is 2.74. The van der Waals surface area contributed by atoms with E-state index in [0.717, 1.165) is 5.56 Å². The molecule has 0 radical (unpaired) electrons. The van der Waals surface area contributed by atoms with Gasteiger partial charge in [0, 0.05) is 32.4 Å². The molecule has 0 aliphatic carbocycles. The monoisotopic (exact) mass is 401 g/mol. The molecule has 0 N–H and O–H groups in total. The van der Waals surface area contributed by atoms with Crippen LogP contribution < -0.4 is 4.90 Å². The summed E-state index contributed by atoms with van der Waals surface area (Å²) in [7, 11) is 0. The van der Waals surface area contributed by atoms with Crippen molar-refractivity contribution in [2.75, 3.05) is 44.3 Å². The van der Waals surface area contributed by atoms with Gasteiger partial charge in [0.1, 0.15) is 11.9 Å². The summed E-state index contributed by atoms with van der Waals surface area (Å²) >= 11 is 6.55. The predicted molar refractivity (Wildman–Crippen MR) is 108 cm³/mol. The van der Waals surface area contributed by atoms with Crippen molar-refractivity contribution in [1.82, 2.24) is 9.88 Å². The van der Waals surface area contributed by atoms with Crippen LogP contribution in [-0.4, -0.2) is 61.3 Å². The maximum Gasteiger partial charge on any atom is 0.255 e. The summed E-state index contributed by atoms with van der Waals surface area (Å²) in [6, 6.07) is 11.9. The van der Waals surface area contributed by atoms with Crippen molar-refractivity contribution in [3.05, 3.63) is 58.7 Å². The number of carbonyl (C=O) groups excluding carboxylic acids is 1. The standard InChI is InChI=1S/C21H24ClN3O3/c1-15-13-25(14-19(28-15)16-5-3-2-4-6-16)20-18(22)11-17(12-23-20)21(26)24-7-9-27-10-8-24/h2-6,11-12,15,19H,7-10,13-14H2,1H3. The lowest BCUT2D eigenvalue weighted by atomic mass is 10.1. The van der Waals surface area contributed by atoms with Crippen LogP contribution >= 0.6 is 11.6 Å². The Balaban J connectivity index is 1.52. The van der Waals surface area contributed by atoms with Crippen molar-refractivity contribution in [1.29, 1.82) is 0 Å². The van der Waals surface area contributed by atoms with Gasteiger partial charge in [-0.25, -0.2) is 4.98 Å². The maximum absolute atomic E-state index is 12.7. The van der Waals surface area contributed by atoms with E-state index in [-0.39, 0.29) is 18.1 Å². The van der Waals surface area contributed by atoms with Gasteiger partial charge in [-0.3, -0.25) is 4.79 Å². The summed E-state index contributed by atoms with van der Waals surface area (Å²) in [6.07, 6.45) is 1.63. The van der Waals surface area contributed by atoms with Crippen LogP contribution in [0.25, 0.3) is 0 Å². The van der Waals surface area contributed by atoms with Crippen LogP contribution in [0.4, 0.5) is 5.82 Å². The van der Waals surface area contributed by atoms with Gasteiger partial charge in [-0.2, -0.15) is 0 Å². The van der Waals surface area contributed by atoms with Crippen LogP contribution in [0.15, 0.2) is 42.6 Å². The van der Waals surface area contributed by atoms with Gasteiger partial charge in [0.2, 0.25) is 0 Å². The Bertz CT molecular complexity index is 827. The number of pyridine rings is 1. The minimum absolute atomic E-state index is 0.0440. The molecular formula is C21H24ClN3O3. The van der Waals surface area contributed by atoms with Crippen LogP contribution in [0, 0.1) is 0 Å². The highest BCUT2D eigenvalue weighted by atomic mass is 35.5. The number of aromatic nitrogens is 1. The lowest BCUT2D eigenvalue weighted by Gasteiger charge is -2.38. The third-order valence-electron chi connectivity index (χ3n) is 5.10. The molecule has 2 aromatic rings. The van der Waals surface area contributed by atoms with Crippen LogP contribution in [0.5, 0.6) is 0 Å². The zero-order valence-electron chi connectivity index (χ0n) is 15.9. The molecule has 4 rings (SSSR count). The summed E-state index contributed by atoms with van der Waals surface area (Å²) in [4.78, 5) is 21.1. The Labute approximate surface area is 170 Å². The highest BCUT2D eigenvalue weighted by Gasteiger charge is 2.29. The Morgan fingerprint density at radius 3 is 2.64 bits per heavy atom. The molecule has 2 aliphatic rings. The van der Waals surface area contributed by atoms with Crippen LogP contribution in [0.1, 0.15) is 28.9 Å². The second-order valence-corrected chi connectivity index (χ2v) is 7.59.